The first-order valence-electron chi connectivity index (χ1n) is 7.28. The van der Waals surface area contributed by atoms with Crippen LogP contribution >= 0.6 is 0 Å². The summed E-state index contributed by atoms with van der Waals surface area (Å²) < 4.78 is 31.8. The lowest BCUT2D eigenvalue weighted by atomic mass is 10.1. The highest BCUT2D eigenvalue weighted by Crippen LogP contribution is 2.21. The molecule has 21 heavy (non-hydrogen) atoms. The van der Waals surface area contributed by atoms with Crippen LogP contribution in [0.4, 0.5) is 0 Å². The van der Waals surface area contributed by atoms with Gasteiger partial charge in [-0.25, -0.2) is 8.42 Å². The molecule has 5 nitrogen and oxygen atoms in total. The molecule has 6 heteroatoms. The highest BCUT2D eigenvalue weighted by molar-refractivity contribution is 7.89. The number of rotatable bonds is 9. The van der Waals surface area contributed by atoms with Crippen LogP contribution in [-0.2, 0) is 21.3 Å². The first-order chi connectivity index (χ1) is 9.95. The van der Waals surface area contributed by atoms with E-state index in [2.05, 4.69) is 5.32 Å². The third-order valence-electron chi connectivity index (χ3n) is 3.40. The Morgan fingerprint density at radius 1 is 1.29 bits per heavy atom. The molecular weight excluding hydrogens is 288 g/mol. The monoisotopic (exact) mass is 314 g/mol. The van der Waals surface area contributed by atoms with Crippen LogP contribution in [0.15, 0.2) is 23.1 Å². The van der Waals surface area contributed by atoms with E-state index in [1.54, 1.807) is 19.2 Å². The number of sulfonamides is 1. The van der Waals surface area contributed by atoms with Gasteiger partial charge in [-0.05, 0) is 37.6 Å². The predicted molar refractivity (Wildman–Crippen MR) is 84.9 cm³/mol. The van der Waals surface area contributed by atoms with Gasteiger partial charge in [0, 0.05) is 26.7 Å². The van der Waals surface area contributed by atoms with Gasteiger partial charge in [0.1, 0.15) is 0 Å². The molecule has 0 fully saturated rings. The Bertz CT molecular complexity index is 544. The number of nitrogens with zero attached hydrogens (tertiary/aromatic N) is 1. The van der Waals surface area contributed by atoms with Crippen molar-refractivity contribution in [1.82, 2.24) is 9.62 Å². The fourth-order valence-corrected chi connectivity index (χ4v) is 3.44. The number of hydrogen-bond donors (Lipinski definition) is 1. The highest BCUT2D eigenvalue weighted by Gasteiger charge is 2.23. The van der Waals surface area contributed by atoms with Crippen molar-refractivity contribution in [2.45, 2.75) is 32.2 Å². The van der Waals surface area contributed by atoms with Gasteiger partial charge < -0.3 is 10.1 Å². The Labute approximate surface area is 128 Å². The quantitative estimate of drug-likeness (QED) is 0.706. The van der Waals surface area contributed by atoms with Crippen molar-refractivity contribution in [2.75, 3.05) is 33.4 Å². The van der Waals surface area contributed by atoms with Gasteiger partial charge in [0.25, 0.3) is 0 Å². The Hall–Kier alpha value is -0.950. The van der Waals surface area contributed by atoms with Gasteiger partial charge in [0.05, 0.1) is 11.5 Å². The second-order valence-electron chi connectivity index (χ2n) is 4.84. The average Bonchev–Trinajstić information content (AvgIpc) is 2.46. The van der Waals surface area contributed by atoms with Gasteiger partial charge in [-0.2, -0.15) is 4.31 Å². The van der Waals surface area contributed by atoms with E-state index in [1.807, 2.05) is 26.8 Å². The van der Waals surface area contributed by atoms with Crippen molar-refractivity contribution < 1.29 is 13.2 Å². The van der Waals surface area contributed by atoms with E-state index in [0.717, 1.165) is 17.7 Å². The molecule has 1 aromatic carbocycles. The summed E-state index contributed by atoms with van der Waals surface area (Å²) in [6.45, 7) is 8.65. The molecule has 1 N–H and O–H groups in total. The van der Waals surface area contributed by atoms with Crippen LogP contribution in [0.3, 0.4) is 0 Å². The summed E-state index contributed by atoms with van der Waals surface area (Å²) in [5, 5.41) is 3.23. The van der Waals surface area contributed by atoms with E-state index >= 15 is 0 Å². The molecule has 1 aromatic rings. The van der Waals surface area contributed by atoms with Gasteiger partial charge in [-0.1, -0.05) is 19.1 Å². The maximum Gasteiger partial charge on any atom is 0.243 e. The Kier molecular flexibility index (Phi) is 7.31. The number of hydrogen-bond acceptors (Lipinski definition) is 4. The second-order valence-corrected chi connectivity index (χ2v) is 6.86. The number of nitrogens with one attached hydrogen (secondary N) is 1. The Morgan fingerprint density at radius 3 is 2.62 bits per heavy atom. The molecule has 0 heterocycles. The van der Waals surface area contributed by atoms with Gasteiger partial charge >= 0.3 is 0 Å². The fraction of sp³-hybridized carbons (Fsp3) is 0.600. The highest BCUT2D eigenvalue weighted by atomic mass is 32.2. The van der Waals surface area contributed by atoms with Crippen molar-refractivity contribution in [1.29, 1.82) is 0 Å². The third-order valence-corrected chi connectivity index (χ3v) is 5.41. The van der Waals surface area contributed by atoms with Gasteiger partial charge in [-0.15, -0.1) is 0 Å². The summed E-state index contributed by atoms with van der Waals surface area (Å²) in [5.41, 5.74) is 1.82. The molecule has 0 saturated heterocycles. The molecule has 0 spiro atoms. The second kappa shape index (κ2) is 8.48. The van der Waals surface area contributed by atoms with E-state index < -0.39 is 10.0 Å². The maximum absolute atomic E-state index is 12.6. The first-order valence-corrected chi connectivity index (χ1v) is 8.72. The van der Waals surface area contributed by atoms with Crippen molar-refractivity contribution in [3.05, 3.63) is 29.3 Å². The molecule has 0 atom stereocenters. The van der Waals surface area contributed by atoms with Gasteiger partial charge in [0.15, 0.2) is 0 Å². The van der Waals surface area contributed by atoms with Crippen molar-refractivity contribution in [3.8, 4) is 0 Å². The van der Waals surface area contributed by atoms with E-state index in [-0.39, 0.29) is 0 Å². The number of ether oxygens (including phenoxy) is 1. The summed E-state index contributed by atoms with van der Waals surface area (Å²) in [6, 6.07) is 5.41. The summed E-state index contributed by atoms with van der Waals surface area (Å²) in [5.74, 6) is 0. The minimum absolute atomic E-state index is 0.354. The standard InChI is InChI=1S/C15H26N2O3S/c1-5-16-12-14-8-7-9-15(13(14)3)21(18,19)17(4)10-11-20-6-2/h7-9,16H,5-6,10-12H2,1-4H3. The Morgan fingerprint density at radius 2 is 2.00 bits per heavy atom. The minimum atomic E-state index is -3.47. The third kappa shape index (κ3) is 4.78. The zero-order valence-electron chi connectivity index (χ0n) is 13.3. The van der Waals surface area contributed by atoms with Crippen LogP contribution in [0, 0.1) is 6.92 Å². The first kappa shape index (κ1) is 18.1. The zero-order valence-corrected chi connectivity index (χ0v) is 14.2. The van der Waals surface area contributed by atoms with E-state index in [1.165, 1.54) is 4.31 Å². The molecule has 0 amide bonds. The van der Waals surface area contributed by atoms with Crippen LogP contribution in [0.25, 0.3) is 0 Å². The summed E-state index contributed by atoms with van der Waals surface area (Å²) in [4.78, 5) is 0.372. The van der Waals surface area contributed by atoms with Gasteiger partial charge in [-0.3, -0.25) is 0 Å². The van der Waals surface area contributed by atoms with Crippen LogP contribution in [0.1, 0.15) is 25.0 Å². The molecule has 1 rings (SSSR count). The molecule has 0 radical (unpaired) electrons. The summed E-state index contributed by atoms with van der Waals surface area (Å²) in [6.07, 6.45) is 0. The van der Waals surface area contributed by atoms with Crippen LogP contribution in [0.2, 0.25) is 0 Å². The molecule has 0 aromatic heterocycles. The molecule has 120 valence electrons. The smallest absolute Gasteiger partial charge is 0.243 e. The molecule has 0 bridgehead atoms. The predicted octanol–water partition coefficient (Wildman–Crippen LogP) is 1.76. The summed E-state index contributed by atoms with van der Waals surface area (Å²) in [7, 11) is -1.88. The van der Waals surface area contributed by atoms with Crippen molar-refractivity contribution in [3.63, 3.8) is 0 Å². The molecule has 0 aliphatic heterocycles. The van der Waals surface area contributed by atoms with E-state index in [4.69, 9.17) is 4.74 Å². The lowest BCUT2D eigenvalue weighted by Crippen LogP contribution is -2.31. The molecule has 0 saturated carbocycles. The topological polar surface area (TPSA) is 58.6 Å². The van der Waals surface area contributed by atoms with Crippen molar-refractivity contribution >= 4 is 10.0 Å². The lowest BCUT2D eigenvalue weighted by molar-refractivity contribution is 0.138. The lowest BCUT2D eigenvalue weighted by Gasteiger charge is -2.19. The molecule has 0 aliphatic carbocycles. The van der Waals surface area contributed by atoms with E-state index in [9.17, 15) is 8.42 Å². The molecular formula is C15H26N2O3S. The average molecular weight is 314 g/mol. The summed E-state index contributed by atoms with van der Waals surface area (Å²) >= 11 is 0. The van der Waals surface area contributed by atoms with Crippen LogP contribution in [-0.4, -0.2) is 46.1 Å². The van der Waals surface area contributed by atoms with Crippen LogP contribution in [0.5, 0.6) is 0 Å². The molecule has 0 unspecified atom stereocenters. The number of benzene rings is 1. The Balaban J connectivity index is 2.97. The van der Waals surface area contributed by atoms with Crippen molar-refractivity contribution in [2.24, 2.45) is 0 Å². The SMILES string of the molecule is CCNCc1cccc(S(=O)(=O)N(C)CCOCC)c1C. The van der Waals surface area contributed by atoms with E-state index in [0.29, 0.717) is 31.2 Å². The largest absolute Gasteiger partial charge is 0.380 e. The normalized spacial score (nSPS) is 12.0. The maximum atomic E-state index is 12.6. The van der Waals surface area contributed by atoms with Gasteiger partial charge in [0.2, 0.25) is 10.0 Å². The fourth-order valence-electron chi connectivity index (χ4n) is 2.02. The minimum Gasteiger partial charge on any atom is -0.380 e. The molecule has 0 aliphatic rings. The number of likely N-dealkylation sites (N-methyl/N-ethyl adjacent to an activating group) is 1. The van der Waals surface area contributed by atoms with Crippen LogP contribution < -0.4 is 5.32 Å². The zero-order chi connectivity index (χ0) is 15.9.